The molecule has 0 radical (unpaired) electrons. The van der Waals surface area contributed by atoms with Gasteiger partial charge in [-0.1, -0.05) is 72.8 Å². The van der Waals surface area contributed by atoms with Gasteiger partial charge in [-0.05, 0) is 35.2 Å². The molecule has 0 saturated carbocycles. The van der Waals surface area contributed by atoms with E-state index in [1.165, 1.54) is 16.7 Å². The van der Waals surface area contributed by atoms with Crippen molar-refractivity contribution in [1.82, 2.24) is 5.32 Å². The molecule has 3 nitrogen and oxygen atoms in total. The molecule has 0 spiro atoms. The van der Waals surface area contributed by atoms with Crippen molar-refractivity contribution in [2.24, 2.45) is 4.99 Å². The number of hydrogen-bond donors (Lipinski definition) is 1. The lowest BCUT2D eigenvalue weighted by Gasteiger charge is -2.19. The fourth-order valence-corrected chi connectivity index (χ4v) is 3.57. The van der Waals surface area contributed by atoms with Crippen molar-refractivity contribution in [3.8, 4) is 5.75 Å². The topological polar surface area (TPSA) is 33.6 Å². The number of nitrogens with one attached hydrogen (secondary N) is 1. The van der Waals surface area contributed by atoms with Gasteiger partial charge >= 0.3 is 0 Å². The van der Waals surface area contributed by atoms with Crippen LogP contribution >= 0.6 is 0 Å². The monoisotopic (exact) mass is 356 g/mol. The summed E-state index contributed by atoms with van der Waals surface area (Å²) in [5.74, 6) is 1.97. The predicted octanol–water partition coefficient (Wildman–Crippen LogP) is 5.11. The van der Waals surface area contributed by atoms with Crippen molar-refractivity contribution in [2.45, 2.75) is 24.9 Å². The zero-order valence-corrected chi connectivity index (χ0v) is 15.5. The summed E-state index contributed by atoms with van der Waals surface area (Å²) < 4.78 is 5.24. The summed E-state index contributed by atoms with van der Waals surface area (Å²) in [4.78, 5) is 5.05. The van der Waals surface area contributed by atoms with E-state index in [0.717, 1.165) is 24.4 Å². The predicted molar refractivity (Wildman–Crippen MR) is 110 cm³/mol. The minimum atomic E-state index is 0.111. The molecule has 1 aliphatic heterocycles. The Balaban J connectivity index is 1.52. The SMILES string of the molecule is COc1ccc(CCC2=N[C@H](c3ccccc3)[C@H](c3ccccc3)N2)cc1. The number of nitrogens with zero attached hydrogens (tertiary/aromatic N) is 1. The number of ether oxygens (including phenoxy) is 1. The summed E-state index contributed by atoms with van der Waals surface area (Å²) in [5, 5.41) is 3.67. The van der Waals surface area contributed by atoms with Crippen LogP contribution in [0.15, 0.2) is 89.9 Å². The number of methoxy groups -OCH3 is 1. The van der Waals surface area contributed by atoms with E-state index in [-0.39, 0.29) is 12.1 Å². The maximum Gasteiger partial charge on any atom is 0.118 e. The fourth-order valence-electron chi connectivity index (χ4n) is 3.57. The number of amidine groups is 1. The van der Waals surface area contributed by atoms with Crippen molar-refractivity contribution in [3.63, 3.8) is 0 Å². The summed E-state index contributed by atoms with van der Waals surface area (Å²) in [6.45, 7) is 0. The van der Waals surface area contributed by atoms with E-state index >= 15 is 0 Å². The second-order valence-corrected chi connectivity index (χ2v) is 6.81. The molecule has 3 heteroatoms. The molecule has 27 heavy (non-hydrogen) atoms. The zero-order valence-electron chi connectivity index (χ0n) is 15.5. The van der Waals surface area contributed by atoms with Crippen molar-refractivity contribution < 1.29 is 4.74 Å². The first-order chi connectivity index (χ1) is 13.3. The van der Waals surface area contributed by atoms with Crippen LogP contribution in [0.5, 0.6) is 5.75 Å². The first-order valence-electron chi connectivity index (χ1n) is 9.39. The molecule has 1 heterocycles. The molecule has 2 atom stereocenters. The van der Waals surface area contributed by atoms with Crippen LogP contribution in [-0.2, 0) is 6.42 Å². The van der Waals surface area contributed by atoms with Crippen molar-refractivity contribution in [3.05, 3.63) is 102 Å². The van der Waals surface area contributed by atoms with E-state index in [4.69, 9.17) is 9.73 Å². The average molecular weight is 356 g/mol. The van der Waals surface area contributed by atoms with Crippen LogP contribution in [0.4, 0.5) is 0 Å². The van der Waals surface area contributed by atoms with E-state index < -0.39 is 0 Å². The van der Waals surface area contributed by atoms with Gasteiger partial charge in [0.05, 0.1) is 19.0 Å². The van der Waals surface area contributed by atoms with Gasteiger partial charge in [0, 0.05) is 6.42 Å². The van der Waals surface area contributed by atoms with Crippen molar-refractivity contribution in [1.29, 1.82) is 0 Å². The van der Waals surface area contributed by atoms with Crippen LogP contribution in [0.1, 0.15) is 35.2 Å². The third kappa shape index (κ3) is 4.03. The highest BCUT2D eigenvalue weighted by Crippen LogP contribution is 2.36. The van der Waals surface area contributed by atoms with Crippen molar-refractivity contribution >= 4 is 5.84 Å². The Labute approximate surface area is 160 Å². The number of aryl methyl sites for hydroxylation is 1. The number of hydrogen-bond acceptors (Lipinski definition) is 3. The Hall–Kier alpha value is -3.07. The third-order valence-corrected chi connectivity index (χ3v) is 5.04. The van der Waals surface area contributed by atoms with Gasteiger partial charge in [0.25, 0.3) is 0 Å². The number of rotatable bonds is 6. The minimum absolute atomic E-state index is 0.111. The van der Waals surface area contributed by atoms with Crippen LogP contribution in [0.2, 0.25) is 0 Å². The molecule has 0 unspecified atom stereocenters. The zero-order chi connectivity index (χ0) is 18.5. The molecule has 0 aliphatic carbocycles. The lowest BCUT2D eigenvalue weighted by atomic mass is 9.95. The van der Waals surface area contributed by atoms with Gasteiger partial charge in [-0.15, -0.1) is 0 Å². The molecule has 0 fully saturated rings. The van der Waals surface area contributed by atoms with E-state index in [0.29, 0.717) is 0 Å². The Morgan fingerprint density at radius 1 is 0.778 bits per heavy atom. The first-order valence-corrected chi connectivity index (χ1v) is 9.39. The molecule has 136 valence electrons. The highest BCUT2D eigenvalue weighted by molar-refractivity contribution is 5.85. The molecule has 0 aromatic heterocycles. The first kappa shape index (κ1) is 17.3. The van der Waals surface area contributed by atoms with Gasteiger partial charge in [-0.25, -0.2) is 0 Å². The highest BCUT2D eigenvalue weighted by atomic mass is 16.5. The van der Waals surface area contributed by atoms with Gasteiger partial charge in [0.15, 0.2) is 0 Å². The Morgan fingerprint density at radius 3 is 2.04 bits per heavy atom. The highest BCUT2D eigenvalue weighted by Gasteiger charge is 2.30. The molecular weight excluding hydrogens is 332 g/mol. The molecular formula is C24H24N2O. The lowest BCUT2D eigenvalue weighted by Crippen LogP contribution is -2.24. The molecule has 1 N–H and O–H groups in total. The van der Waals surface area contributed by atoms with Gasteiger partial charge in [0.1, 0.15) is 11.8 Å². The lowest BCUT2D eigenvalue weighted by molar-refractivity contribution is 0.414. The average Bonchev–Trinajstić information content (AvgIpc) is 3.18. The molecule has 0 amide bonds. The molecule has 3 aromatic carbocycles. The summed E-state index contributed by atoms with van der Waals surface area (Å²) >= 11 is 0. The second kappa shape index (κ2) is 8.09. The Bertz CT molecular complexity index is 889. The second-order valence-electron chi connectivity index (χ2n) is 6.81. The van der Waals surface area contributed by atoms with Gasteiger partial charge in [-0.3, -0.25) is 4.99 Å². The normalized spacial score (nSPS) is 18.6. The van der Waals surface area contributed by atoms with Gasteiger partial charge < -0.3 is 10.1 Å². The molecule has 1 aliphatic rings. The molecule has 3 aromatic rings. The largest absolute Gasteiger partial charge is 0.497 e. The van der Waals surface area contributed by atoms with E-state index in [2.05, 4.69) is 78.1 Å². The maximum atomic E-state index is 5.24. The quantitative estimate of drug-likeness (QED) is 0.666. The third-order valence-electron chi connectivity index (χ3n) is 5.04. The van der Waals surface area contributed by atoms with E-state index in [1.807, 2.05) is 12.1 Å². The maximum absolute atomic E-state index is 5.24. The van der Waals surface area contributed by atoms with Gasteiger partial charge in [0.2, 0.25) is 0 Å². The van der Waals surface area contributed by atoms with Crippen LogP contribution in [0, 0.1) is 0 Å². The van der Waals surface area contributed by atoms with E-state index in [1.54, 1.807) is 7.11 Å². The number of benzene rings is 3. The summed E-state index contributed by atoms with van der Waals surface area (Å²) in [5.41, 5.74) is 3.81. The minimum Gasteiger partial charge on any atom is -0.497 e. The van der Waals surface area contributed by atoms with Crippen LogP contribution in [0.25, 0.3) is 0 Å². The Kier molecular flexibility index (Phi) is 5.20. The van der Waals surface area contributed by atoms with Crippen LogP contribution in [0.3, 0.4) is 0 Å². The summed E-state index contributed by atoms with van der Waals surface area (Å²) in [6, 6.07) is 29.7. The number of aliphatic imine (C=N–C) groups is 1. The van der Waals surface area contributed by atoms with Gasteiger partial charge in [-0.2, -0.15) is 0 Å². The molecule has 0 saturated heterocycles. The molecule has 4 rings (SSSR count). The summed E-state index contributed by atoms with van der Waals surface area (Å²) in [6.07, 6.45) is 1.86. The fraction of sp³-hybridized carbons (Fsp3) is 0.208. The summed E-state index contributed by atoms with van der Waals surface area (Å²) in [7, 11) is 1.69. The smallest absolute Gasteiger partial charge is 0.118 e. The van der Waals surface area contributed by atoms with Crippen LogP contribution < -0.4 is 10.1 Å². The van der Waals surface area contributed by atoms with Crippen molar-refractivity contribution in [2.75, 3.05) is 7.11 Å². The van der Waals surface area contributed by atoms with E-state index in [9.17, 15) is 0 Å². The molecule has 0 bridgehead atoms. The Morgan fingerprint density at radius 2 is 1.41 bits per heavy atom. The van der Waals surface area contributed by atoms with Crippen LogP contribution in [-0.4, -0.2) is 12.9 Å². The standard InChI is InChI=1S/C24H24N2O/c1-27-21-15-12-18(13-16-21)14-17-22-25-23(19-8-4-2-5-9-19)24(26-22)20-10-6-3-7-11-20/h2-13,15-16,23-24H,14,17H2,1H3,(H,25,26)/t23-,24+.